The third-order valence-corrected chi connectivity index (χ3v) is 3.08. The van der Waals surface area contributed by atoms with Crippen LogP contribution in [0.4, 0.5) is 8.78 Å². The highest BCUT2D eigenvalue weighted by molar-refractivity contribution is 9.10. The molecule has 1 nitrogen and oxygen atoms in total. The SMILES string of the molecule is Cc1ccc(Br)cc1OCc1c(F)cccc1F. The molecule has 0 spiro atoms. The molecule has 4 heteroatoms. The molecule has 0 aliphatic carbocycles. The maximum absolute atomic E-state index is 13.4. The van der Waals surface area contributed by atoms with Crippen LogP contribution in [0.15, 0.2) is 40.9 Å². The summed E-state index contributed by atoms with van der Waals surface area (Å²) in [4.78, 5) is 0. The monoisotopic (exact) mass is 312 g/mol. The van der Waals surface area contributed by atoms with E-state index in [4.69, 9.17) is 4.74 Å². The molecule has 18 heavy (non-hydrogen) atoms. The smallest absolute Gasteiger partial charge is 0.132 e. The van der Waals surface area contributed by atoms with Gasteiger partial charge in [-0.1, -0.05) is 28.1 Å². The largest absolute Gasteiger partial charge is 0.488 e. The molecule has 2 aromatic rings. The van der Waals surface area contributed by atoms with E-state index in [1.54, 1.807) is 6.07 Å². The Morgan fingerprint density at radius 2 is 1.78 bits per heavy atom. The highest BCUT2D eigenvalue weighted by atomic mass is 79.9. The maximum atomic E-state index is 13.4. The summed E-state index contributed by atoms with van der Waals surface area (Å²) in [6.07, 6.45) is 0. The number of aryl methyl sites for hydroxylation is 1. The molecule has 0 aromatic heterocycles. The summed E-state index contributed by atoms with van der Waals surface area (Å²) >= 11 is 3.32. The normalized spacial score (nSPS) is 10.4. The van der Waals surface area contributed by atoms with Gasteiger partial charge in [-0.3, -0.25) is 0 Å². The molecule has 0 aliphatic rings. The van der Waals surface area contributed by atoms with Crippen molar-refractivity contribution < 1.29 is 13.5 Å². The number of hydrogen-bond acceptors (Lipinski definition) is 1. The van der Waals surface area contributed by atoms with E-state index in [0.717, 1.165) is 10.0 Å². The average Bonchev–Trinajstić information content (AvgIpc) is 2.33. The van der Waals surface area contributed by atoms with E-state index in [2.05, 4.69) is 15.9 Å². The second kappa shape index (κ2) is 5.48. The lowest BCUT2D eigenvalue weighted by Gasteiger charge is -2.10. The van der Waals surface area contributed by atoms with Crippen LogP contribution in [-0.4, -0.2) is 0 Å². The van der Waals surface area contributed by atoms with E-state index >= 15 is 0 Å². The van der Waals surface area contributed by atoms with E-state index in [9.17, 15) is 8.78 Å². The topological polar surface area (TPSA) is 9.23 Å². The molecule has 0 heterocycles. The second-order valence-electron chi connectivity index (χ2n) is 3.90. The van der Waals surface area contributed by atoms with E-state index in [-0.39, 0.29) is 12.2 Å². The van der Waals surface area contributed by atoms with Gasteiger partial charge in [0.2, 0.25) is 0 Å². The van der Waals surface area contributed by atoms with Crippen molar-refractivity contribution in [3.8, 4) is 5.75 Å². The lowest BCUT2D eigenvalue weighted by atomic mass is 10.2. The van der Waals surface area contributed by atoms with Crippen LogP contribution in [0.3, 0.4) is 0 Å². The number of rotatable bonds is 3. The fraction of sp³-hybridized carbons (Fsp3) is 0.143. The molecule has 2 rings (SSSR count). The van der Waals surface area contributed by atoms with Crippen LogP contribution in [0.1, 0.15) is 11.1 Å². The first-order valence-corrected chi connectivity index (χ1v) is 6.19. The fourth-order valence-electron chi connectivity index (χ4n) is 1.55. The highest BCUT2D eigenvalue weighted by Gasteiger charge is 2.09. The van der Waals surface area contributed by atoms with Crippen LogP contribution in [-0.2, 0) is 6.61 Å². The van der Waals surface area contributed by atoms with Gasteiger partial charge in [0.25, 0.3) is 0 Å². The number of halogens is 3. The van der Waals surface area contributed by atoms with Crippen LogP contribution < -0.4 is 4.74 Å². The Hall–Kier alpha value is -1.42. The van der Waals surface area contributed by atoms with Gasteiger partial charge < -0.3 is 4.74 Å². The van der Waals surface area contributed by atoms with E-state index in [0.29, 0.717) is 5.75 Å². The van der Waals surface area contributed by atoms with E-state index < -0.39 is 11.6 Å². The Morgan fingerprint density at radius 3 is 2.44 bits per heavy atom. The molecular formula is C14H11BrF2O. The summed E-state index contributed by atoms with van der Waals surface area (Å²) < 4.78 is 33.1. The minimum Gasteiger partial charge on any atom is -0.488 e. The van der Waals surface area contributed by atoms with Gasteiger partial charge in [-0.25, -0.2) is 8.78 Å². The first-order valence-electron chi connectivity index (χ1n) is 5.40. The molecule has 0 aliphatic heterocycles. The van der Waals surface area contributed by atoms with Gasteiger partial charge >= 0.3 is 0 Å². The molecule has 0 unspecified atom stereocenters. The fourth-order valence-corrected chi connectivity index (χ4v) is 1.89. The minimum atomic E-state index is -0.595. The Balaban J connectivity index is 2.19. The Labute approximate surface area is 113 Å². The first kappa shape index (κ1) is 13.0. The summed E-state index contributed by atoms with van der Waals surface area (Å²) in [5.41, 5.74) is 0.854. The van der Waals surface area contributed by atoms with Gasteiger partial charge in [-0.2, -0.15) is 0 Å². The second-order valence-corrected chi connectivity index (χ2v) is 4.81. The summed E-state index contributed by atoms with van der Waals surface area (Å²) in [5, 5.41) is 0. The molecule has 0 fully saturated rings. The summed E-state index contributed by atoms with van der Waals surface area (Å²) in [6.45, 7) is 1.75. The van der Waals surface area contributed by atoms with Crippen molar-refractivity contribution in [1.82, 2.24) is 0 Å². The van der Waals surface area contributed by atoms with Crippen molar-refractivity contribution in [2.24, 2.45) is 0 Å². The average molecular weight is 313 g/mol. The van der Waals surface area contributed by atoms with Gasteiger partial charge in [0.15, 0.2) is 0 Å². The number of hydrogen-bond donors (Lipinski definition) is 0. The molecule has 2 aromatic carbocycles. The Kier molecular flexibility index (Phi) is 3.97. The van der Waals surface area contributed by atoms with Gasteiger partial charge in [0.1, 0.15) is 24.0 Å². The molecule has 0 N–H and O–H groups in total. The van der Waals surface area contributed by atoms with Crippen molar-refractivity contribution in [3.63, 3.8) is 0 Å². The van der Waals surface area contributed by atoms with Crippen molar-refractivity contribution in [2.45, 2.75) is 13.5 Å². The molecule has 0 bridgehead atoms. The van der Waals surface area contributed by atoms with Crippen LogP contribution >= 0.6 is 15.9 Å². The van der Waals surface area contributed by atoms with Crippen LogP contribution in [0.2, 0.25) is 0 Å². The summed E-state index contributed by atoms with van der Waals surface area (Å²) in [6, 6.07) is 9.29. The predicted molar refractivity (Wildman–Crippen MR) is 69.6 cm³/mol. The summed E-state index contributed by atoms with van der Waals surface area (Å²) in [7, 11) is 0. The lowest BCUT2D eigenvalue weighted by molar-refractivity contribution is 0.290. The zero-order valence-corrected chi connectivity index (χ0v) is 11.3. The minimum absolute atomic E-state index is 0.0584. The maximum Gasteiger partial charge on any atom is 0.132 e. The summed E-state index contributed by atoms with van der Waals surface area (Å²) in [5.74, 6) is -0.586. The molecular weight excluding hydrogens is 302 g/mol. The van der Waals surface area contributed by atoms with Crippen molar-refractivity contribution in [3.05, 3.63) is 63.6 Å². The molecule has 0 saturated carbocycles. The number of benzene rings is 2. The highest BCUT2D eigenvalue weighted by Crippen LogP contribution is 2.24. The molecule has 0 radical (unpaired) electrons. The van der Waals surface area contributed by atoms with Crippen LogP contribution in [0.5, 0.6) is 5.75 Å². The molecule has 0 amide bonds. The van der Waals surface area contributed by atoms with Crippen molar-refractivity contribution in [1.29, 1.82) is 0 Å². The number of ether oxygens (including phenoxy) is 1. The van der Waals surface area contributed by atoms with E-state index in [1.165, 1.54) is 18.2 Å². The Bertz CT molecular complexity index is 549. The molecule has 0 saturated heterocycles. The third kappa shape index (κ3) is 2.88. The van der Waals surface area contributed by atoms with E-state index in [1.807, 2.05) is 19.1 Å². The molecule has 0 atom stereocenters. The quantitative estimate of drug-likeness (QED) is 0.804. The van der Waals surface area contributed by atoms with Gasteiger partial charge in [0.05, 0.1) is 5.56 Å². The van der Waals surface area contributed by atoms with Gasteiger partial charge in [-0.15, -0.1) is 0 Å². The van der Waals surface area contributed by atoms with Crippen LogP contribution in [0, 0.1) is 18.6 Å². The zero-order chi connectivity index (χ0) is 13.1. The lowest BCUT2D eigenvalue weighted by Crippen LogP contribution is -2.02. The zero-order valence-electron chi connectivity index (χ0n) is 9.71. The van der Waals surface area contributed by atoms with Gasteiger partial charge in [-0.05, 0) is 36.8 Å². The van der Waals surface area contributed by atoms with Crippen molar-refractivity contribution in [2.75, 3.05) is 0 Å². The van der Waals surface area contributed by atoms with Crippen molar-refractivity contribution >= 4 is 15.9 Å². The standard InChI is InChI=1S/C14H11BrF2O/c1-9-5-6-10(15)7-14(9)18-8-11-12(16)3-2-4-13(11)17/h2-7H,8H2,1H3. The third-order valence-electron chi connectivity index (χ3n) is 2.58. The van der Waals surface area contributed by atoms with Crippen LogP contribution in [0.25, 0.3) is 0 Å². The first-order chi connectivity index (χ1) is 8.58. The Morgan fingerprint density at radius 1 is 1.11 bits per heavy atom. The predicted octanol–water partition coefficient (Wildman–Crippen LogP) is 4.61. The molecule has 94 valence electrons. The van der Waals surface area contributed by atoms with Gasteiger partial charge in [0, 0.05) is 4.47 Å².